The fraction of sp³-hybridized carbons (Fsp3) is 0.304. The molecule has 0 bridgehead atoms. The zero-order chi connectivity index (χ0) is 23.2. The predicted molar refractivity (Wildman–Crippen MR) is 124 cm³/mol. The van der Waals surface area contributed by atoms with E-state index in [2.05, 4.69) is 15.5 Å². The molecule has 1 saturated heterocycles. The van der Waals surface area contributed by atoms with Crippen LogP contribution in [0.2, 0.25) is 0 Å². The number of halogens is 1. The van der Waals surface area contributed by atoms with Gasteiger partial charge in [-0.3, -0.25) is 19.8 Å². The molecule has 0 unspecified atom stereocenters. The van der Waals surface area contributed by atoms with Crippen LogP contribution in [0.1, 0.15) is 5.56 Å². The summed E-state index contributed by atoms with van der Waals surface area (Å²) in [5.74, 6) is -0.426. The Morgan fingerprint density at radius 1 is 1.09 bits per heavy atom. The maximum atomic E-state index is 13.2. The fourth-order valence-electron chi connectivity index (χ4n) is 3.48. The van der Waals surface area contributed by atoms with Crippen LogP contribution in [-0.4, -0.2) is 71.1 Å². The lowest BCUT2D eigenvalue weighted by Gasteiger charge is -2.34. The second-order valence-corrected chi connectivity index (χ2v) is 8.71. The van der Waals surface area contributed by atoms with Gasteiger partial charge in [-0.05, 0) is 25.1 Å². The van der Waals surface area contributed by atoms with E-state index >= 15 is 0 Å². The van der Waals surface area contributed by atoms with Gasteiger partial charge in [-0.25, -0.2) is 4.39 Å². The van der Waals surface area contributed by atoms with Gasteiger partial charge in [0.25, 0.3) is 5.91 Å². The van der Waals surface area contributed by atoms with Crippen LogP contribution in [0.3, 0.4) is 0 Å². The monoisotopic (exact) mass is 469 g/mol. The Balaban J connectivity index is 1.20. The van der Waals surface area contributed by atoms with Crippen molar-refractivity contribution in [3.8, 4) is 16.3 Å². The molecule has 1 aromatic heterocycles. The van der Waals surface area contributed by atoms with Gasteiger partial charge in [0.05, 0.1) is 6.54 Å². The van der Waals surface area contributed by atoms with E-state index in [1.165, 1.54) is 29.5 Å². The van der Waals surface area contributed by atoms with Crippen molar-refractivity contribution in [2.75, 3.05) is 44.6 Å². The zero-order valence-electron chi connectivity index (χ0n) is 18.2. The van der Waals surface area contributed by atoms with Gasteiger partial charge in [0.1, 0.15) is 16.6 Å². The van der Waals surface area contributed by atoms with Gasteiger partial charge in [0, 0.05) is 37.8 Å². The lowest BCUT2D eigenvalue weighted by atomic mass is 10.1. The minimum Gasteiger partial charge on any atom is -0.484 e. The van der Waals surface area contributed by atoms with Crippen molar-refractivity contribution in [2.24, 2.45) is 0 Å². The smallest absolute Gasteiger partial charge is 0.260 e. The van der Waals surface area contributed by atoms with Crippen LogP contribution >= 0.6 is 11.3 Å². The predicted octanol–water partition coefficient (Wildman–Crippen LogP) is 2.81. The summed E-state index contributed by atoms with van der Waals surface area (Å²) < 4.78 is 18.6. The Morgan fingerprint density at radius 3 is 2.64 bits per heavy atom. The Bertz CT molecular complexity index is 1130. The van der Waals surface area contributed by atoms with Crippen LogP contribution in [0.4, 0.5) is 9.52 Å². The summed E-state index contributed by atoms with van der Waals surface area (Å²) in [6, 6.07) is 13.7. The molecule has 0 radical (unpaired) electrons. The van der Waals surface area contributed by atoms with Gasteiger partial charge in [-0.1, -0.05) is 41.2 Å². The Kier molecular flexibility index (Phi) is 7.26. The first-order valence-electron chi connectivity index (χ1n) is 10.6. The number of nitrogens with zero attached hydrogens (tertiary/aromatic N) is 4. The number of aryl methyl sites for hydroxylation is 1. The highest BCUT2D eigenvalue weighted by molar-refractivity contribution is 7.18. The highest BCUT2D eigenvalue weighted by atomic mass is 32.1. The third-order valence-electron chi connectivity index (χ3n) is 5.19. The molecule has 10 heteroatoms. The lowest BCUT2D eigenvalue weighted by Crippen LogP contribution is -2.51. The van der Waals surface area contributed by atoms with Crippen molar-refractivity contribution in [3.05, 3.63) is 59.9 Å². The SMILES string of the molecule is Cc1cccc(-c2nnc(NC(=O)CN3CCN(C(=O)COc4cccc(F)c4)CC3)s2)c1. The maximum absolute atomic E-state index is 13.2. The van der Waals surface area contributed by atoms with Crippen molar-refractivity contribution >= 4 is 28.3 Å². The molecule has 1 aliphatic rings. The number of nitrogens with one attached hydrogen (secondary N) is 1. The number of rotatable bonds is 7. The van der Waals surface area contributed by atoms with Gasteiger partial charge in [-0.15, -0.1) is 10.2 Å². The molecule has 1 aliphatic heterocycles. The van der Waals surface area contributed by atoms with Crippen molar-refractivity contribution in [1.29, 1.82) is 0 Å². The number of carbonyl (C=O) groups excluding carboxylic acids is 2. The van der Waals surface area contributed by atoms with Crippen LogP contribution in [0, 0.1) is 12.7 Å². The van der Waals surface area contributed by atoms with Crippen molar-refractivity contribution in [3.63, 3.8) is 0 Å². The molecule has 33 heavy (non-hydrogen) atoms. The molecular weight excluding hydrogens is 445 g/mol. The number of amides is 2. The number of hydrogen-bond donors (Lipinski definition) is 1. The summed E-state index contributed by atoms with van der Waals surface area (Å²) >= 11 is 1.33. The Labute approximate surface area is 195 Å². The molecule has 172 valence electrons. The molecule has 2 amide bonds. The maximum Gasteiger partial charge on any atom is 0.260 e. The molecule has 2 aromatic carbocycles. The van der Waals surface area contributed by atoms with E-state index in [1.54, 1.807) is 11.0 Å². The summed E-state index contributed by atoms with van der Waals surface area (Å²) in [6.07, 6.45) is 0. The second-order valence-electron chi connectivity index (χ2n) is 7.73. The van der Waals surface area contributed by atoms with E-state index in [-0.39, 0.29) is 25.0 Å². The summed E-state index contributed by atoms with van der Waals surface area (Å²) in [4.78, 5) is 28.5. The molecular formula is C23H24FN5O3S. The summed E-state index contributed by atoms with van der Waals surface area (Å²) in [6.45, 7) is 4.21. The van der Waals surface area contributed by atoms with Crippen LogP contribution in [-0.2, 0) is 9.59 Å². The highest BCUT2D eigenvalue weighted by Gasteiger charge is 2.23. The van der Waals surface area contributed by atoms with Crippen molar-refractivity contribution in [1.82, 2.24) is 20.0 Å². The minimum absolute atomic E-state index is 0.149. The fourth-order valence-corrected chi connectivity index (χ4v) is 4.24. The number of piperazine rings is 1. The molecule has 0 aliphatic carbocycles. The number of benzene rings is 2. The highest BCUT2D eigenvalue weighted by Crippen LogP contribution is 2.26. The van der Waals surface area contributed by atoms with Crippen molar-refractivity contribution in [2.45, 2.75) is 6.92 Å². The quantitative estimate of drug-likeness (QED) is 0.573. The van der Waals surface area contributed by atoms with E-state index in [1.807, 2.05) is 36.1 Å². The number of aromatic nitrogens is 2. The number of hydrogen-bond acceptors (Lipinski definition) is 7. The molecule has 0 saturated carbocycles. The van der Waals surface area contributed by atoms with Crippen LogP contribution < -0.4 is 10.1 Å². The first-order chi connectivity index (χ1) is 16.0. The summed E-state index contributed by atoms with van der Waals surface area (Å²) in [5, 5.41) is 12.2. The summed E-state index contributed by atoms with van der Waals surface area (Å²) in [7, 11) is 0. The standard InChI is InChI=1S/C23H24FN5O3S/c1-16-4-2-5-17(12-16)22-26-27-23(33-22)25-20(30)14-28-8-10-29(11-9-28)21(31)15-32-19-7-3-6-18(24)13-19/h2-7,12-13H,8-11,14-15H2,1H3,(H,25,27,30). The van der Waals surface area contributed by atoms with Crippen LogP contribution in [0.15, 0.2) is 48.5 Å². The van der Waals surface area contributed by atoms with Gasteiger partial charge >= 0.3 is 0 Å². The van der Waals surface area contributed by atoms with Gasteiger partial charge in [-0.2, -0.15) is 0 Å². The number of ether oxygens (including phenoxy) is 1. The molecule has 4 rings (SSSR count). The zero-order valence-corrected chi connectivity index (χ0v) is 19.0. The molecule has 8 nitrogen and oxygen atoms in total. The summed E-state index contributed by atoms with van der Waals surface area (Å²) in [5.41, 5.74) is 2.10. The van der Waals surface area contributed by atoms with Gasteiger partial charge in [0.15, 0.2) is 6.61 Å². The lowest BCUT2D eigenvalue weighted by molar-refractivity contribution is -0.135. The first-order valence-corrected chi connectivity index (χ1v) is 11.4. The average molecular weight is 470 g/mol. The van der Waals surface area contributed by atoms with Gasteiger partial charge < -0.3 is 9.64 Å². The number of anilines is 1. The number of carbonyl (C=O) groups is 2. The van der Waals surface area contributed by atoms with E-state index in [4.69, 9.17) is 4.74 Å². The molecule has 1 fully saturated rings. The second kappa shape index (κ2) is 10.5. The Morgan fingerprint density at radius 2 is 1.88 bits per heavy atom. The van der Waals surface area contributed by atoms with E-state index in [9.17, 15) is 14.0 Å². The Hall–Kier alpha value is -3.37. The molecule has 2 heterocycles. The van der Waals surface area contributed by atoms with E-state index in [0.717, 1.165) is 16.1 Å². The largest absolute Gasteiger partial charge is 0.484 e. The molecule has 0 spiro atoms. The molecule has 1 N–H and O–H groups in total. The third kappa shape index (κ3) is 6.33. The van der Waals surface area contributed by atoms with Gasteiger partial charge in [0.2, 0.25) is 11.0 Å². The molecule has 0 atom stereocenters. The minimum atomic E-state index is -0.410. The van der Waals surface area contributed by atoms with Crippen LogP contribution in [0.25, 0.3) is 10.6 Å². The topological polar surface area (TPSA) is 87.7 Å². The average Bonchev–Trinajstić information content (AvgIpc) is 3.26. The normalized spacial score (nSPS) is 14.2. The first kappa shape index (κ1) is 22.8. The van der Waals surface area contributed by atoms with Crippen molar-refractivity contribution < 1.29 is 18.7 Å². The van der Waals surface area contributed by atoms with Crippen LogP contribution in [0.5, 0.6) is 5.75 Å². The van der Waals surface area contributed by atoms with E-state index in [0.29, 0.717) is 37.1 Å². The molecule has 3 aromatic rings. The van der Waals surface area contributed by atoms with E-state index < -0.39 is 5.82 Å². The third-order valence-corrected chi connectivity index (χ3v) is 6.07.